The summed E-state index contributed by atoms with van der Waals surface area (Å²) < 4.78 is 0. The van der Waals surface area contributed by atoms with Gasteiger partial charge in [-0.1, -0.05) is 18.2 Å². The maximum atomic E-state index is 9.25. The number of hydrogen-bond donors (Lipinski definition) is 3. The van der Waals surface area contributed by atoms with Crippen LogP contribution in [-0.4, -0.2) is 29.5 Å². The van der Waals surface area contributed by atoms with E-state index in [0.29, 0.717) is 12.5 Å². The monoisotopic (exact) mass is 207 g/mol. The van der Waals surface area contributed by atoms with Crippen molar-refractivity contribution in [2.75, 3.05) is 18.5 Å². The van der Waals surface area contributed by atoms with Crippen molar-refractivity contribution in [3.05, 3.63) is 29.8 Å². The van der Waals surface area contributed by atoms with Crippen molar-refractivity contribution >= 4 is 5.69 Å². The predicted octanol–water partition coefficient (Wildman–Crippen LogP) is 1.33. The number of para-hydroxylation sites is 1. The molecule has 1 aromatic rings. The van der Waals surface area contributed by atoms with Crippen molar-refractivity contribution in [3.8, 4) is 0 Å². The molecule has 1 aliphatic rings. The molecule has 1 aromatic carbocycles. The van der Waals surface area contributed by atoms with Gasteiger partial charge in [0.05, 0.1) is 12.7 Å². The minimum atomic E-state index is -0.683. The van der Waals surface area contributed by atoms with Gasteiger partial charge in [0.2, 0.25) is 0 Å². The Kier molecular flexibility index (Phi) is 3.23. The molecule has 3 nitrogen and oxygen atoms in total. The largest absolute Gasteiger partial charge is 0.394 e. The molecular weight excluding hydrogens is 190 g/mol. The van der Waals surface area contributed by atoms with Crippen LogP contribution in [0.15, 0.2) is 24.3 Å². The third-order valence-electron chi connectivity index (χ3n) is 2.72. The molecule has 0 radical (unpaired) electrons. The fourth-order valence-corrected chi connectivity index (χ4v) is 1.70. The highest BCUT2D eigenvalue weighted by atomic mass is 16.3. The molecule has 0 heterocycles. The van der Waals surface area contributed by atoms with Gasteiger partial charge in [-0.15, -0.1) is 0 Å². The zero-order valence-electron chi connectivity index (χ0n) is 8.69. The molecule has 1 fully saturated rings. The summed E-state index contributed by atoms with van der Waals surface area (Å²) >= 11 is 0. The fraction of sp³-hybridized carbons (Fsp3) is 0.500. The van der Waals surface area contributed by atoms with Crippen molar-refractivity contribution in [1.82, 2.24) is 0 Å². The second-order valence-corrected chi connectivity index (χ2v) is 4.08. The van der Waals surface area contributed by atoms with E-state index < -0.39 is 6.10 Å². The van der Waals surface area contributed by atoms with Gasteiger partial charge in [0.1, 0.15) is 0 Å². The van der Waals surface area contributed by atoms with E-state index in [0.717, 1.165) is 5.69 Å². The molecule has 82 valence electrons. The van der Waals surface area contributed by atoms with E-state index in [-0.39, 0.29) is 6.61 Å². The van der Waals surface area contributed by atoms with E-state index in [1.165, 1.54) is 18.4 Å². The van der Waals surface area contributed by atoms with Crippen LogP contribution in [0.4, 0.5) is 5.69 Å². The summed E-state index contributed by atoms with van der Waals surface area (Å²) in [6.07, 6.45) is 1.85. The van der Waals surface area contributed by atoms with Crippen LogP contribution in [0.25, 0.3) is 0 Å². The van der Waals surface area contributed by atoms with Crippen LogP contribution in [0.1, 0.15) is 24.3 Å². The van der Waals surface area contributed by atoms with Gasteiger partial charge in [-0.25, -0.2) is 0 Å². The van der Waals surface area contributed by atoms with Gasteiger partial charge in [0, 0.05) is 12.2 Å². The summed E-state index contributed by atoms with van der Waals surface area (Å²) in [4.78, 5) is 0. The Labute approximate surface area is 89.8 Å². The quantitative estimate of drug-likeness (QED) is 0.682. The molecule has 1 unspecified atom stereocenters. The zero-order valence-corrected chi connectivity index (χ0v) is 8.69. The lowest BCUT2D eigenvalue weighted by Crippen LogP contribution is -2.23. The molecule has 1 atom stereocenters. The molecule has 2 rings (SSSR count). The molecule has 3 N–H and O–H groups in total. The van der Waals surface area contributed by atoms with Gasteiger partial charge in [-0.2, -0.15) is 0 Å². The van der Waals surface area contributed by atoms with E-state index >= 15 is 0 Å². The Bertz CT molecular complexity index is 323. The molecule has 0 amide bonds. The van der Waals surface area contributed by atoms with Crippen molar-refractivity contribution in [2.24, 2.45) is 0 Å². The van der Waals surface area contributed by atoms with Gasteiger partial charge in [-0.3, -0.25) is 0 Å². The van der Waals surface area contributed by atoms with Crippen LogP contribution in [-0.2, 0) is 0 Å². The van der Waals surface area contributed by atoms with Crippen LogP contribution in [0, 0.1) is 0 Å². The predicted molar refractivity (Wildman–Crippen MR) is 60.0 cm³/mol. The van der Waals surface area contributed by atoms with Crippen LogP contribution < -0.4 is 5.32 Å². The van der Waals surface area contributed by atoms with Gasteiger partial charge in [-0.05, 0) is 30.4 Å². The maximum absolute atomic E-state index is 9.25. The number of aliphatic hydroxyl groups is 2. The highest BCUT2D eigenvalue weighted by molar-refractivity contribution is 5.54. The standard InChI is InChI=1S/C12H17NO2/c14-8-10(15)7-13-12-4-2-1-3-11(12)9-5-6-9/h1-4,9-10,13-15H,5-8H2. The van der Waals surface area contributed by atoms with E-state index in [4.69, 9.17) is 5.11 Å². The lowest BCUT2D eigenvalue weighted by atomic mass is 10.1. The second-order valence-electron chi connectivity index (χ2n) is 4.08. The highest BCUT2D eigenvalue weighted by Crippen LogP contribution is 2.43. The van der Waals surface area contributed by atoms with E-state index in [9.17, 15) is 5.11 Å². The lowest BCUT2D eigenvalue weighted by Gasteiger charge is -2.13. The summed E-state index contributed by atoms with van der Waals surface area (Å²) in [7, 11) is 0. The summed E-state index contributed by atoms with van der Waals surface area (Å²) in [6, 6.07) is 8.18. The molecular formula is C12H17NO2. The summed E-state index contributed by atoms with van der Waals surface area (Å²) in [6.45, 7) is 0.207. The number of benzene rings is 1. The van der Waals surface area contributed by atoms with E-state index in [1.807, 2.05) is 18.2 Å². The zero-order chi connectivity index (χ0) is 10.7. The van der Waals surface area contributed by atoms with E-state index in [2.05, 4.69) is 11.4 Å². The van der Waals surface area contributed by atoms with Gasteiger partial charge >= 0.3 is 0 Å². The average Bonchev–Trinajstić information content (AvgIpc) is 3.10. The van der Waals surface area contributed by atoms with Crippen molar-refractivity contribution in [2.45, 2.75) is 24.9 Å². The Morgan fingerprint density at radius 3 is 2.73 bits per heavy atom. The number of rotatable bonds is 5. The smallest absolute Gasteiger partial charge is 0.0942 e. The van der Waals surface area contributed by atoms with Crippen molar-refractivity contribution < 1.29 is 10.2 Å². The molecule has 0 spiro atoms. The van der Waals surface area contributed by atoms with Crippen LogP contribution in [0.3, 0.4) is 0 Å². The first-order valence-corrected chi connectivity index (χ1v) is 5.43. The van der Waals surface area contributed by atoms with Gasteiger partial charge in [0.15, 0.2) is 0 Å². The third kappa shape index (κ3) is 2.70. The lowest BCUT2D eigenvalue weighted by molar-refractivity contribution is 0.105. The van der Waals surface area contributed by atoms with E-state index in [1.54, 1.807) is 0 Å². The SMILES string of the molecule is OCC(O)CNc1ccccc1C1CC1. The molecule has 0 aromatic heterocycles. The normalized spacial score (nSPS) is 17.5. The first kappa shape index (κ1) is 10.5. The first-order chi connectivity index (χ1) is 7.31. The minimum Gasteiger partial charge on any atom is -0.394 e. The summed E-state index contributed by atoms with van der Waals surface area (Å²) in [5, 5.41) is 21.1. The molecule has 15 heavy (non-hydrogen) atoms. The molecule has 3 heteroatoms. The summed E-state index contributed by atoms with van der Waals surface area (Å²) in [5.41, 5.74) is 2.43. The molecule has 1 aliphatic carbocycles. The first-order valence-electron chi connectivity index (χ1n) is 5.43. The Morgan fingerprint density at radius 1 is 1.33 bits per heavy atom. The molecule has 0 saturated heterocycles. The van der Waals surface area contributed by atoms with Gasteiger partial charge in [0.25, 0.3) is 0 Å². The van der Waals surface area contributed by atoms with Gasteiger partial charge < -0.3 is 15.5 Å². The number of aliphatic hydroxyl groups excluding tert-OH is 2. The highest BCUT2D eigenvalue weighted by Gasteiger charge is 2.25. The molecule has 0 aliphatic heterocycles. The molecule has 0 bridgehead atoms. The van der Waals surface area contributed by atoms with Crippen LogP contribution in [0.5, 0.6) is 0 Å². The Balaban J connectivity index is 2.00. The topological polar surface area (TPSA) is 52.5 Å². The number of anilines is 1. The third-order valence-corrected chi connectivity index (χ3v) is 2.72. The number of nitrogens with one attached hydrogen (secondary N) is 1. The summed E-state index contributed by atoms with van der Waals surface area (Å²) in [5.74, 6) is 0.694. The maximum Gasteiger partial charge on any atom is 0.0942 e. The van der Waals surface area contributed by atoms with Crippen LogP contribution >= 0.6 is 0 Å². The van der Waals surface area contributed by atoms with Crippen molar-refractivity contribution in [1.29, 1.82) is 0 Å². The minimum absolute atomic E-state index is 0.196. The van der Waals surface area contributed by atoms with Crippen LogP contribution in [0.2, 0.25) is 0 Å². The van der Waals surface area contributed by atoms with Crippen molar-refractivity contribution in [3.63, 3.8) is 0 Å². The second kappa shape index (κ2) is 4.64. The average molecular weight is 207 g/mol. The molecule has 1 saturated carbocycles. The Morgan fingerprint density at radius 2 is 2.07 bits per heavy atom. The Hall–Kier alpha value is -1.06. The fourth-order valence-electron chi connectivity index (χ4n) is 1.70. The number of hydrogen-bond acceptors (Lipinski definition) is 3.